The predicted octanol–water partition coefficient (Wildman–Crippen LogP) is 7.00. The van der Waals surface area contributed by atoms with Crippen molar-refractivity contribution in [1.82, 2.24) is 14.4 Å². The molecule has 2 heterocycles. The minimum absolute atomic E-state index is 0.0328. The molecule has 4 aromatic carbocycles. The highest BCUT2D eigenvalue weighted by molar-refractivity contribution is 8.01. The van der Waals surface area contributed by atoms with Crippen LogP contribution in [-0.2, 0) is 23.9 Å². The third-order valence-corrected chi connectivity index (χ3v) is 14.4. The minimum atomic E-state index is -0.938. The highest BCUT2D eigenvalue weighted by Crippen LogP contribution is 2.54. The summed E-state index contributed by atoms with van der Waals surface area (Å²) in [4.78, 5) is 71.6. The van der Waals surface area contributed by atoms with Gasteiger partial charge in [0.05, 0.1) is 16.1 Å². The molecule has 2 radical (unpaired) electrons. The molecule has 3 atom stereocenters. The average Bonchev–Trinajstić information content (AvgIpc) is 3.18. The molecule has 6 rings (SSSR count). The molecule has 55 heavy (non-hydrogen) atoms. The molecule has 0 spiro atoms. The van der Waals surface area contributed by atoms with Gasteiger partial charge in [-0.2, -0.15) is 0 Å². The standard InChI is InChI=1S/C43H47N5O5SSi/c1-7-45-27-28-46(39(52)38(45)51)41(53)44-34-25-17-18-26-35(34)47(30(3)49)36-37(50)48(55-29(2)42(4,5)6)40(36)54-43(31-19-11-8-12-20-31,32-21-13-9-14-22-32)33-23-15-10-16-24-33/h8-26,29,36,40H,7,27-28H2,1-6H3,(H,44,53)/t29?,36-,40-/m1/s1. The second-order valence-electron chi connectivity index (χ2n) is 14.8. The molecule has 12 heteroatoms. The molecule has 10 nitrogen and oxygen atoms in total. The highest BCUT2D eigenvalue weighted by Gasteiger charge is 2.57. The van der Waals surface area contributed by atoms with Gasteiger partial charge in [-0.15, -0.1) is 11.8 Å². The molecule has 4 aromatic rings. The summed E-state index contributed by atoms with van der Waals surface area (Å²) in [5, 5.41) is 2.27. The zero-order valence-electron chi connectivity index (χ0n) is 32.1. The molecule has 1 unspecified atom stereocenters. The van der Waals surface area contributed by atoms with Crippen molar-refractivity contribution in [2.45, 2.75) is 63.2 Å². The van der Waals surface area contributed by atoms with Crippen LogP contribution in [0.2, 0.25) is 5.54 Å². The van der Waals surface area contributed by atoms with Crippen molar-refractivity contribution >= 4 is 62.5 Å². The normalized spacial score (nSPS) is 18.1. The lowest BCUT2D eigenvalue weighted by Gasteiger charge is -2.55. The van der Waals surface area contributed by atoms with Crippen molar-refractivity contribution in [3.63, 3.8) is 0 Å². The summed E-state index contributed by atoms with van der Waals surface area (Å²) in [6.45, 7) is 12.5. The number of likely N-dealkylation sites (N-methyl/N-ethyl adjacent to an activating group) is 1. The van der Waals surface area contributed by atoms with E-state index in [0.29, 0.717) is 12.2 Å². The molecule has 2 fully saturated rings. The number of urea groups is 1. The summed E-state index contributed by atoms with van der Waals surface area (Å²) in [7, 11) is 0.131. The lowest BCUT2D eigenvalue weighted by Crippen LogP contribution is -2.72. The Morgan fingerprint density at radius 1 is 0.800 bits per heavy atom. The van der Waals surface area contributed by atoms with E-state index in [1.165, 1.54) is 16.7 Å². The molecule has 0 bridgehead atoms. The van der Waals surface area contributed by atoms with Gasteiger partial charge in [-0.1, -0.05) is 131 Å². The van der Waals surface area contributed by atoms with E-state index in [4.69, 9.17) is 0 Å². The monoisotopic (exact) mass is 773 g/mol. The van der Waals surface area contributed by atoms with Gasteiger partial charge in [0.25, 0.3) is 0 Å². The van der Waals surface area contributed by atoms with E-state index < -0.39 is 34.0 Å². The van der Waals surface area contributed by atoms with E-state index in [9.17, 15) is 24.0 Å². The number of hydrogen-bond acceptors (Lipinski definition) is 6. The van der Waals surface area contributed by atoms with Crippen LogP contribution in [0.1, 0.15) is 58.2 Å². The number of carbonyl (C=O) groups is 5. The van der Waals surface area contributed by atoms with Gasteiger partial charge in [0.15, 0.2) is 9.68 Å². The van der Waals surface area contributed by atoms with Gasteiger partial charge in [0, 0.05) is 26.6 Å². The predicted molar refractivity (Wildman–Crippen MR) is 218 cm³/mol. The Balaban J connectivity index is 1.46. The van der Waals surface area contributed by atoms with E-state index >= 15 is 0 Å². The fourth-order valence-electron chi connectivity index (χ4n) is 6.90. The lowest BCUT2D eigenvalue weighted by atomic mass is 9.84. The van der Waals surface area contributed by atoms with Crippen LogP contribution in [0.5, 0.6) is 0 Å². The quantitative estimate of drug-likeness (QED) is 0.0762. The van der Waals surface area contributed by atoms with Crippen LogP contribution in [0.3, 0.4) is 0 Å². The lowest BCUT2D eigenvalue weighted by molar-refractivity contribution is -0.153. The number of β-lactam (4-membered cyclic amide) rings is 1. The van der Waals surface area contributed by atoms with Crippen LogP contribution in [-0.4, -0.2) is 84.8 Å². The van der Waals surface area contributed by atoms with E-state index in [-0.39, 0.29) is 51.2 Å². The first-order valence-corrected chi connectivity index (χ1v) is 20.4. The highest BCUT2D eigenvalue weighted by atomic mass is 32.2. The fourth-order valence-corrected chi connectivity index (χ4v) is 10.4. The van der Waals surface area contributed by atoms with Crippen molar-refractivity contribution in [3.05, 3.63) is 132 Å². The van der Waals surface area contributed by atoms with Gasteiger partial charge < -0.3 is 14.8 Å². The number of benzene rings is 4. The van der Waals surface area contributed by atoms with Crippen molar-refractivity contribution in [3.8, 4) is 0 Å². The Kier molecular flexibility index (Phi) is 11.7. The molecule has 0 aromatic heterocycles. The second-order valence-corrected chi connectivity index (χ2v) is 17.8. The maximum absolute atomic E-state index is 14.7. The maximum atomic E-state index is 14.7. The van der Waals surface area contributed by atoms with Crippen LogP contribution in [0, 0.1) is 5.41 Å². The smallest absolute Gasteiger partial charge is 0.329 e. The number of amides is 6. The number of imide groups is 1. The summed E-state index contributed by atoms with van der Waals surface area (Å²) in [6, 6.07) is 35.7. The minimum Gasteiger partial charge on any atom is -0.354 e. The number of carbonyl (C=O) groups excluding carboxylic acids is 5. The SMILES string of the molecule is CCN1CCN(C(=O)Nc2ccccc2N(C(C)=O)[C@@H]2C(=O)N([Si]C(C)C(C)(C)C)[C@@H]2SC(c2ccccc2)(c2ccccc2)c2ccccc2)C(=O)C1=O. The van der Waals surface area contributed by atoms with Crippen molar-refractivity contribution in [1.29, 1.82) is 0 Å². The van der Waals surface area contributed by atoms with Gasteiger partial charge >= 0.3 is 17.8 Å². The molecule has 0 aliphatic carbocycles. The Labute approximate surface area is 330 Å². The van der Waals surface area contributed by atoms with Crippen LogP contribution in [0.4, 0.5) is 16.2 Å². The van der Waals surface area contributed by atoms with E-state index in [0.717, 1.165) is 21.6 Å². The molecular formula is C43H47N5O5SSi. The van der Waals surface area contributed by atoms with Crippen molar-refractivity contribution in [2.75, 3.05) is 29.9 Å². The number of piperazine rings is 1. The zero-order valence-corrected chi connectivity index (χ0v) is 33.9. The van der Waals surface area contributed by atoms with Gasteiger partial charge in [-0.25, -0.2) is 4.79 Å². The third kappa shape index (κ3) is 7.70. The number of nitrogens with zero attached hydrogens (tertiary/aromatic N) is 4. The summed E-state index contributed by atoms with van der Waals surface area (Å²) in [6.07, 6.45) is 0. The first-order valence-electron chi connectivity index (χ1n) is 18.5. The molecule has 284 valence electrons. The van der Waals surface area contributed by atoms with Crippen molar-refractivity contribution < 1.29 is 24.0 Å². The molecule has 2 saturated heterocycles. The summed E-state index contributed by atoms with van der Waals surface area (Å²) in [5.41, 5.74) is 3.67. The Morgan fingerprint density at radius 3 is 1.80 bits per heavy atom. The third-order valence-electron chi connectivity index (χ3n) is 10.4. The average molecular weight is 774 g/mol. The molecule has 2 aliphatic heterocycles. The number of anilines is 2. The second kappa shape index (κ2) is 16.3. The van der Waals surface area contributed by atoms with Gasteiger partial charge in [0.1, 0.15) is 11.4 Å². The fraction of sp³-hybridized carbons (Fsp3) is 0.326. The number of hydrogen-bond donors (Lipinski definition) is 1. The van der Waals surface area contributed by atoms with Crippen LogP contribution in [0.15, 0.2) is 115 Å². The number of nitrogens with one attached hydrogen (secondary N) is 1. The van der Waals surface area contributed by atoms with E-state index in [1.807, 2.05) is 59.2 Å². The first-order chi connectivity index (χ1) is 26.3. The molecule has 6 amide bonds. The maximum Gasteiger partial charge on any atom is 0.329 e. The number of para-hydroxylation sites is 2. The van der Waals surface area contributed by atoms with E-state index in [1.54, 1.807) is 43.0 Å². The number of thioether (sulfide) groups is 1. The summed E-state index contributed by atoms with van der Waals surface area (Å²) >= 11 is 1.63. The first kappa shape index (κ1) is 39.5. The van der Waals surface area contributed by atoms with Crippen LogP contribution >= 0.6 is 11.8 Å². The molecule has 0 saturated carbocycles. The zero-order chi connectivity index (χ0) is 39.5. The Hall–Kier alpha value is -5.20. The van der Waals surface area contributed by atoms with E-state index in [2.05, 4.69) is 69.4 Å². The largest absolute Gasteiger partial charge is 0.354 e. The molecule has 1 N–H and O–H groups in total. The molecule has 2 aliphatic rings. The topological polar surface area (TPSA) is 110 Å². The summed E-state index contributed by atoms with van der Waals surface area (Å²) in [5.74, 6) is -2.24. The van der Waals surface area contributed by atoms with Gasteiger partial charge in [0.2, 0.25) is 11.8 Å². The number of rotatable bonds is 11. The van der Waals surface area contributed by atoms with Gasteiger partial charge in [-0.05, 0) is 46.7 Å². The van der Waals surface area contributed by atoms with Crippen LogP contribution < -0.4 is 10.2 Å². The molecular weight excluding hydrogens is 727 g/mol. The van der Waals surface area contributed by atoms with Gasteiger partial charge in [-0.3, -0.25) is 29.0 Å². The van der Waals surface area contributed by atoms with Crippen molar-refractivity contribution in [2.24, 2.45) is 5.41 Å². The Morgan fingerprint density at radius 2 is 1.31 bits per heavy atom. The van der Waals surface area contributed by atoms with Crippen LogP contribution in [0.25, 0.3) is 0 Å². The summed E-state index contributed by atoms with van der Waals surface area (Å²) < 4.78 is 1.12. The Bertz CT molecular complexity index is 1950.